The molecule has 0 radical (unpaired) electrons. The van der Waals surface area contributed by atoms with Gasteiger partial charge in [0.2, 0.25) is 0 Å². The van der Waals surface area contributed by atoms with Gasteiger partial charge in [-0.05, 0) is 19.3 Å². The van der Waals surface area contributed by atoms with Gasteiger partial charge < -0.3 is 43.6 Å². The van der Waals surface area contributed by atoms with Gasteiger partial charge >= 0.3 is 23.5 Å². The number of sulfone groups is 3. The molecule has 1 aliphatic carbocycles. The molecule has 48 heavy (non-hydrogen) atoms. The van der Waals surface area contributed by atoms with Gasteiger partial charge in [-0.1, -0.05) is 20.8 Å². The molecular formula is C21H45O21P3S3. The van der Waals surface area contributed by atoms with E-state index in [2.05, 4.69) is 4.52 Å². The Morgan fingerprint density at radius 1 is 0.438 bits per heavy atom. The average Bonchev–Trinajstić information content (AvgIpc) is 2.93. The van der Waals surface area contributed by atoms with E-state index in [1.54, 1.807) is 0 Å². The first-order valence-corrected chi connectivity index (χ1v) is 24.5. The second kappa shape index (κ2) is 19.2. The quantitative estimate of drug-likeness (QED) is 0.0505. The maximum absolute atomic E-state index is 12.1. The highest BCUT2D eigenvalue weighted by atomic mass is 32.2. The Morgan fingerprint density at radius 3 is 0.854 bits per heavy atom. The number of phosphoric ester groups is 3. The SMILES string of the molecule is CCS(=O)(=O)CCCO[C@@H]1[C@@H](OCCCS(=O)(=O)CC)[C@H](OP(=O)(O)O)[C@@H](OP(=O)(O)O)[C@@H](OP(=O)(O)O)[C@H]1OCCCS(=O)(=O)CC. The van der Waals surface area contributed by atoms with Crippen molar-refractivity contribution in [2.24, 2.45) is 0 Å². The lowest BCUT2D eigenvalue weighted by molar-refractivity contribution is -0.247. The summed E-state index contributed by atoms with van der Waals surface area (Å²) >= 11 is 0. The molecule has 1 saturated carbocycles. The van der Waals surface area contributed by atoms with Gasteiger partial charge in [0, 0.05) is 37.1 Å². The smallest absolute Gasteiger partial charge is 0.373 e. The summed E-state index contributed by atoms with van der Waals surface area (Å²) in [6, 6.07) is 0. The molecule has 1 rings (SSSR count). The third-order valence-corrected chi connectivity index (χ3v) is 13.7. The fourth-order valence-corrected chi connectivity index (χ4v) is 8.66. The molecule has 0 spiro atoms. The third-order valence-electron chi connectivity index (χ3n) is 6.77. The lowest BCUT2D eigenvalue weighted by Crippen LogP contribution is -2.67. The highest BCUT2D eigenvalue weighted by Gasteiger charge is 2.59. The van der Waals surface area contributed by atoms with Crippen molar-refractivity contribution in [2.45, 2.75) is 76.7 Å². The first-order valence-electron chi connectivity index (χ1n) is 14.4. The van der Waals surface area contributed by atoms with E-state index in [9.17, 15) is 68.3 Å². The Bertz CT molecular complexity index is 1390. The Labute approximate surface area is 279 Å². The van der Waals surface area contributed by atoms with Crippen LogP contribution in [-0.2, 0) is 71.0 Å². The molecule has 1 aliphatic rings. The normalized spacial score (nSPS) is 24.9. The highest BCUT2D eigenvalue weighted by molar-refractivity contribution is 7.91. The molecule has 288 valence electrons. The lowest BCUT2D eigenvalue weighted by atomic mass is 9.84. The van der Waals surface area contributed by atoms with Crippen LogP contribution in [0.1, 0.15) is 40.0 Å². The molecule has 27 heteroatoms. The third kappa shape index (κ3) is 18.0. The molecular weight excluding hydrogens is 777 g/mol. The topological polar surface area (TPSA) is 330 Å². The van der Waals surface area contributed by atoms with Crippen LogP contribution in [0.4, 0.5) is 0 Å². The molecule has 0 heterocycles. The molecule has 0 aromatic rings. The van der Waals surface area contributed by atoms with E-state index < -0.39 is 127 Å². The largest absolute Gasteiger partial charge is 0.470 e. The Kier molecular flexibility index (Phi) is 18.5. The van der Waals surface area contributed by atoms with Crippen molar-refractivity contribution in [1.29, 1.82) is 0 Å². The molecule has 6 atom stereocenters. The first-order chi connectivity index (χ1) is 21.8. The number of hydrogen-bond donors (Lipinski definition) is 6. The van der Waals surface area contributed by atoms with Crippen LogP contribution in [0.25, 0.3) is 0 Å². The summed E-state index contributed by atoms with van der Waals surface area (Å²) in [6.45, 7) is 2.61. The Morgan fingerprint density at radius 2 is 0.646 bits per heavy atom. The van der Waals surface area contributed by atoms with Gasteiger partial charge in [0.1, 0.15) is 66.1 Å². The summed E-state index contributed by atoms with van der Waals surface area (Å²) in [4.78, 5) is 58.1. The van der Waals surface area contributed by atoms with Gasteiger partial charge in [-0.2, -0.15) is 0 Å². The van der Waals surface area contributed by atoms with Crippen molar-refractivity contribution < 1.29 is 96.1 Å². The van der Waals surface area contributed by atoms with Gasteiger partial charge in [0.05, 0.1) is 17.3 Å². The van der Waals surface area contributed by atoms with Crippen LogP contribution in [0, 0.1) is 0 Å². The molecule has 0 aliphatic heterocycles. The number of hydrogen-bond acceptors (Lipinski definition) is 15. The molecule has 0 bridgehead atoms. The van der Waals surface area contributed by atoms with Gasteiger partial charge in [-0.25, -0.2) is 38.9 Å². The van der Waals surface area contributed by atoms with E-state index in [-0.39, 0.29) is 36.5 Å². The lowest BCUT2D eigenvalue weighted by Gasteiger charge is -2.49. The summed E-state index contributed by atoms with van der Waals surface area (Å²) in [7, 11) is -27.7. The van der Waals surface area contributed by atoms with Crippen LogP contribution < -0.4 is 0 Å². The average molecular weight is 823 g/mol. The van der Waals surface area contributed by atoms with E-state index in [0.717, 1.165) is 0 Å². The van der Waals surface area contributed by atoms with E-state index >= 15 is 0 Å². The van der Waals surface area contributed by atoms with Crippen molar-refractivity contribution in [2.75, 3.05) is 54.3 Å². The predicted molar refractivity (Wildman–Crippen MR) is 167 cm³/mol. The predicted octanol–water partition coefficient (Wildman–Crippen LogP) is -0.936. The second-order valence-corrected chi connectivity index (χ2v) is 21.5. The van der Waals surface area contributed by atoms with Crippen LogP contribution in [0.2, 0.25) is 0 Å². The van der Waals surface area contributed by atoms with Crippen molar-refractivity contribution >= 4 is 53.0 Å². The number of ether oxygens (including phenoxy) is 3. The molecule has 0 aromatic carbocycles. The van der Waals surface area contributed by atoms with Gasteiger partial charge in [0.15, 0.2) is 0 Å². The summed E-state index contributed by atoms with van der Waals surface area (Å²) in [5.74, 6) is -1.98. The minimum atomic E-state index is -5.72. The van der Waals surface area contributed by atoms with E-state index in [1.807, 2.05) is 0 Å². The summed E-state index contributed by atoms with van der Waals surface area (Å²) in [5, 5.41) is 0. The van der Waals surface area contributed by atoms with Crippen LogP contribution in [0.3, 0.4) is 0 Å². The number of rotatable bonds is 24. The Hall–Kier alpha value is 0.0600. The van der Waals surface area contributed by atoms with Crippen LogP contribution in [0.5, 0.6) is 0 Å². The molecule has 0 amide bonds. The maximum atomic E-state index is 12.1. The van der Waals surface area contributed by atoms with E-state index in [1.165, 1.54) is 20.8 Å². The molecule has 1 fully saturated rings. The molecule has 6 N–H and O–H groups in total. The highest BCUT2D eigenvalue weighted by Crippen LogP contribution is 2.51. The second-order valence-electron chi connectivity index (χ2n) is 10.5. The first kappa shape index (κ1) is 46.1. The Balaban J connectivity index is 3.79. The van der Waals surface area contributed by atoms with Crippen LogP contribution >= 0.6 is 23.5 Å². The van der Waals surface area contributed by atoms with E-state index in [4.69, 9.17) is 23.3 Å². The maximum Gasteiger partial charge on any atom is 0.470 e. The zero-order valence-corrected chi connectivity index (χ0v) is 31.5. The summed E-state index contributed by atoms with van der Waals surface area (Å²) < 4.78 is 140. The monoisotopic (exact) mass is 822 g/mol. The molecule has 21 nitrogen and oxygen atoms in total. The van der Waals surface area contributed by atoms with Crippen LogP contribution in [0.15, 0.2) is 0 Å². The summed E-state index contributed by atoms with van der Waals surface area (Å²) in [6.07, 6.45) is -13.6. The van der Waals surface area contributed by atoms with Crippen molar-refractivity contribution in [3.63, 3.8) is 0 Å². The molecule has 0 unspecified atom stereocenters. The van der Waals surface area contributed by atoms with Crippen molar-refractivity contribution in [1.82, 2.24) is 0 Å². The summed E-state index contributed by atoms with van der Waals surface area (Å²) in [5.41, 5.74) is 0. The zero-order chi connectivity index (χ0) is 37.2. The van der Waals surface area contributed by atoms with Crippen molar-refractivity contribution in [3.8, 4) is 0 Å². The zero-order valence-electron chi connectivity index (χ0n) is 26.3. The van der Waals surface area contributed by atoms with E-state index in [0.29, 0.717) is 0 Å². The molecule has 0 aromatic heterocycles. The van der Waals surface area contributed by atoms with Gasteiger partial charge in [-0.3, -0.25) is 13.6 Å². The van der Waals surface area contributed by atoms with Gasteiger partial charge in [0.25, 0.3) is 0 Å². The molecule has 0 saturated heterocycles. The standard InChI is InChI=1S/C21H45O21P3S3/c1-4-46(31,32)13-7-10-37-16-17(38-11-8-14-47(33,34)5-2)19(40-43(22,23)24)21(42-45(28,29)30)20(41-44(25,26)27)18(16)39-12-9-15-48(35,36)6-3/h16-21H,4-15H2,1-3H3,(H2,22,23,24)(H2,25,26,27)(H2,28,29,30)/t16-,17-,18+,19-,20-,21-/m0/s1. The number of phosphoric acid groups is 3. The van der Waals surface area contributed by atoms with Crippen molar-refractivity contribution in [3.05, 3.63) is 0 Å². The fraction of sp³-hybridized carbons (Fsp3) is 1.00. The fourth-order valence-electron chi connectivity index (χ4n) is 4.45. The minimum absolute atomic E-state index is 0.202. The van der Waals surface area contributed by atoms with Gasteiger partial charge in [-0.15, -0.1) is 0 Å². The van der Waals surface area contributed by atoms with Crippen LogP contribution in [-0.4, -0.2) is 146 Å². The minimum Gasteiger partial charge on any atom is -0.373 e.